The third kappa shape index (κ3) is 2.36. The third-order valence-corrected chi connectivity index (χ3v) is 2.70. The van der Waals surface area contributed by atoms with Crippen LogP contribution in [0.15, 0.2) is 30.3 Å². The Hall–Kier alpha value is -1.35. The summed E-state index contributed by atoms with van der Waals surface area (Å²) < 4.78 is 0. The standard InChI is InChI=1S/C12H16N2O/c1-13-8-5-9-14(12(15)10-13)11-6-3-2-4-7-11/h2-4,6-7H,5,8-10H2,1H3. The molecule has 0 radical (unpaired) electrons. The lowest BCUT2D eigenvalue weighted by Crippen LogP contribution is -2.35. The van der Waals surface area contributed by atoms with Crippen molar-refractivity contribution in [2.45, 2.75) is 6.42 Å². The predicted molar refractivity (Wildman–Crippen MR) is 60.9 cm³/mol. The molecule has 15 heavy (non-hydrogen) atoms. The smallest absolute Gasteiger partial charge is 0.241 e. The van der Waals surface area contributed by atoms with Crippen molar-refractivity contribution in [2.75, 3.05) is 31.6 Å². The predicted octanol–water partition coefficient (Wildman–Crippen LogP) is 1.36. The van der Waals surface area contributed by atoms with Gasteiger partial charge in [0.1, 0.15) is 0 Å². The number of amides is 1. The number of hydrogen-bond acceptors (Lipinski definition) is 2. The Balaban J connectivity index is 2.18. The van der Waals surface area contributed by atoms with Gasteiger partial charge in [0.2, 0.25) is 5.91 Å². The van der Waals surface area contributed by atoms with Crippen LogP contribution in [0.5, 0.6) is 0 Å². The molecular formula is C12H16N2O. The molecule has 0 unspecified atom stereocenters. The van der Waals surface area contributed by atoms with Crippen LogP contribution < -0.4 is 4.90 Å². The van der Waals surface area contributed by atoms with Gasteiger partial charge in [-0.15, -0.1) is 0 Å². The van der Waals surface area contributed by atoms with Crippen LogP contribution in [-0.2, 0) is 4.79 Å². The average molecular weight is 204 g/mol. The van der Waals surface area contributed by atoms with E-state index in [9.17, 15) is 4.79 Å². The molecule has 1 aliphatic rings. The molecule has 0 bridgehead atoms. The van der Waals surface area contributed by atoms with E-state index in [0.29, 0.717) is 6.54 Å². The molecule has 0 aliphatic carbocycles. The number of para-hydroxylation sites is 1. The molecule has 0 aromatic heterocycles. The molecular weight excluding hydrogens is 188 g/mol. The molecule has 2 rings (SSSR count). The first kappa shape index (κ1) is 10.2. The van der Waals surface area contributed by atoms with E-state index in [-0.39, 0.29) is 5.91 Å². The van der Waals surface area contributed by atoms with Crippen LogP contribution in [0.3, 0.4) is 0 Å². The van der Waals surface area contributed by atoms with Gasteiger partial charge in [0, 0.05) is 18.8 Å². The maximum atomic E-state index is 11.9. The minimum absolute atomic E-state index is 0.196. The first-order valence-corrected chi connectivity index (χ1v) is 5.31. The maximum Gasteiger partial charge on any atom is 0.241 e. The SMILES string of the molecule is CN1CCCN(c2ccccc2)C(=O)C1. The normalized spacial score (nSPS) is 19.0. The van der Waals surface area contributed by atoms with Gasteiger partial charge in [0.05, 0.1) is 6.54 Å². The van der Waals surface area contributed by atoms with Crippen LogP contribution in [0.4, 0.5) is 5.69 Å². The van der Waals surface area contributed by atoms with Crippen molar-refractivity contribution < 1.29 is 4.79 Å². The number of likely N-dealkylation sites (N-methyl/N-ethyl adjacent to an activating group) is 1. The quantitative estimate of drug-likeness (QED) is 0.689. The second-order valence-electron chi connectivity index (χ2n) is 3.97. The van der Waals surface area contributed by atoms with Crippen molar-refractivity contribution in [3.63, 3.8) is 0 Å². The van der Waals surface area contributed by atoms with Crippen molar-refractivity contribution in [1.29, 1.82) is 0 Å². The van der Waals surface area contributed by atoms with Gasteiger partial charge in [0.25, 0.3) is 0 Å². The molecule has 1 heterocycles. The van der Waals surface area contributed by atoms with Gasteiger partial charge in [-0.3, -0.25) is 9.69 Å². The highest BCUT2D eigenvalue weighted by atomic mass is 16.2. The number of nitrogens with zero attached hydrogens (tertiary/aromatic N) is 2. The summed E-state index contributed by atoms with van der Waals surface area (Å²) >= 11 is 0. The zero-order valence-electron chi connectivity index (χ0n) is 9.02. The Kier molecular flexibility index (Phi) is 3.02. The maximum absolute atomic E-state index is 11.9. The lowest BCUT2D eigenvalue weighted by Gasteiger charge is -2.20. The van der Waals surface area contributed by atoms with E-state index in [2.05, 4.69) is 4.90 Å². The molecule has 1 saturated heterocycles. The van der Waals surface area contributed by atoms with Crippen LogP contribution in [0.1, 0.15) is 6.42 Å². The Morgan fingerprint density at radius 2 is 1.87 bits per heavy atom. The summed E-state index contributed by atoms with van der Waals surface area (Å²) in [6.07, 6.45) is 1.04. The molecule has 0 atom stereocenters. The summed E-state index contributed by atoms with van der Waals surface area (Å²) in [5.41, 5.74) is 1.01. The molecule has 80 valence electrons. The molecule has 1 fully saturated rings. The molecule has 0 saturated carbocycles. The summed E-state index contributed by atoms with van der Waals surface area (Å²) in [5, 5.41) is 0. The monoisotopic (exact) mass is 204 g/mol. The molecule has 1 aliphatic heterocycles. The van der Waals surface area contributed by atoms with Gasteiger partial charge in [-0.05, 0) is 25.6 Å². The largest absolute Gasteiger partial charge is 0.311 e. The van der Waals surface area contributed by atoms with E-state index in [1.54, 1.807) is 0 Å². The van der Waals surface area contributed by atoms with Crippen LogP contribution in [-0.4, -0.2) is 37.5 Å². The van der Waals surface area contributed by atoms with Crippen LogP contribution >= 0.6 is 0 Å². The number of carbonyl (C=O) groups is 1. The number of anilines is 1. The lowest BCUT2D eigenvalue weighted by atomic mass is 10.2. The zero-order chi connectivity index (χ0) is 10.7. The van der Waals surface area contributed by atoms with Crippen molar-refractivity contribution >= 4 is 11.6 Å². The van der Waals surface area contributed by atoms with Crippen molar-refractivity contribution in [1.82, 2.24) is 4.90 Å². The molecule has 0 N–H and O–H groups in total. The second kappa shape index (κ2) is 4.45. The fraction of sp³-hybridized carbons (Fsp3) is 0.417. The minimum atomic E-state index is 0.196. The first-order valence-electron chi connectivity index (χ1n) is 5.31. The Morgan fingerprint density at radius 3 is 2.60 bits per heavy atom. The minimum Gasteiger partial charge on any atom is -0.311 e. The number of rotatable bonds is 1. The second-order valence-corrected chi connectivity index (χ2v) is 3.97. The summed E-state index contributed by atoms with van der Waals surface area (Å²) in [5.74, 6) is 0.196. The van der Waals surface area contributed by atoms with Crippen molar-refractivity contribution in [3.05, 3.63) is 30.3 Å². The van der Waals surface area contributed by atoms with Gasteiger partial charge in [0.15, 0.2) is 0 Å². The van der Waals surface area contributed by atoms with Gasteiger partial charge in [-0.25, -0.2) is 0 Å². The molecule has 0 spiro atoms. The molecule has 1 amide bonds. The van der Waals surface area contributed by atoms with E-state index in [1.807, 2.05) is 42.3 Å². The van der Waals surface area contributed by atoms with Gasteiger partial charge < -0.3 is 4.90 Å². The fourth-order valence-corrected chi connectivity index (χ4v) is 1.90. The van der Waals surface area contributed by atoms with E-state index >= 15 is 0 Å². The van der Waals surface area contributed by atoms with Gasteiger partial charge in [-0.2, -0.15) is 0 Å². The average Bonchev–Trinajstić information content (AvgIpc) is 2.40. The Bertz CT molecular complexity index is 337. The summed E-state index contributed by atoms with van der Waals surface area (Å²) in [4.78, 5) is 15.9. The summed E-state index contributed by atoms with van der Waals surface area (Å²) in [6, 6.07) is 9.89. The number of carbonyl (C=O) groups excluding carboxylic acids is 1. The Morgan fingerprint density at radius 1 is 1.13 bits per heavy atom. The topological polar surface area (TPSA) is 23.6 Å². The molecule has 3 nitrogen and oxygen atoms in total. The number of hydrogen-bond donors (Lipinski definition) is 0. The lowest BCUT2D eigenvalue weighted by molar-refractivity contribution is -0.118. The highest BCUT2D eigenvalue weighted by Gasteiger charge is 2.20. The van der Waals surface area contributed by atoms with Gasteiger partial charge >= 0.3 is 0 Å². The van der Waals surface area contributed by atoms with Crippen molar-refractivity contribution in [2.24, 2.45) is 0 Å². The number of benzene rings is 1. The van der Waals surface area contributed by atoms with Crippen LogP contribution in [0.25, 0.3) is 0 Å². The molecule has 1 aromatic carbocycles. The molecule has 1 aromatic rings. The van der Waals surface area contributed by atoms with Crippen molar-refractivity contribution in [3.8, 4) is 0 Å². The van der Waals surface area contributed by atoms with Crippen LogP contribution in [0.2, 0.25) is 0 Å². The van der Waals surface area contributed by atoms with E-state index in [0.717, 1.165) is 25.2 Å². The van der Waals surface area contributed by atoms with E-state index in [1.165, 1.54) is 0 Å². The summed E-state index contributed by atoms with van der Waals surface area (Å²) in [6.45, 7) is 2.34. The summed E-state index contributed by atoms with van der Waals surface area (Å²) in [7, 11) is 1.99. The Labute approximate surface area is 90.3 Å². The highest BCUT2D eigenvalue weighted by molar-refractivity contribution is 5.94. The van der Waals surface area contributed by atoms with Gasteiger partial charge in [-0.1, -0.05) is 18.2 Å². The highest BCUT2D eigenvalue weighted by Crippen LogP contribution is 2.15. The third-order valence-electron chi connectivity index (χ3n) is 2.70. The first-order chi connectivity index (χ1) is 7.27. The van der Waals surface area contributed by atoms with Crippen LogP contribution in [0, 0.1) is 0 Å². The molecule has 3 heteroatoms. The fourth-order valence-electron chi connectivity index (χ4n) is 1.90. The van der Waals surface area contributed by atoms with E-state index < -0.39 is 0 Å². The zero-order valence-corrected chi connectivity index (χ0v) is 9.02. The van der Waals surface area contributed by atoms with E-state index in [4.69, 9.17) is 0 Å².